The van der Waals surface area contributed by atoms with Gasteiger partial charge in [0.1, 0.15) is 11.7 Å². The number of pyridine rings is 1. The molecule has 0 unspecified atom stereocenters. The topological polar surface area (TPSA) is 113 Å². The standard InChI is InChI=1S/C25H28F6N6O4/c1-13(34-17-11-33-35-22(38)20(17)25(29,30)31)12-41-18-3-6-37(23(18)39)15-2-5-36-16(9-15)4-7-40-19-8-14(24(26,27)28)10-32-21(19)36/h8,10-11,13,15-16,18H,2-7,9,12H2,1H3,(H2,34,35,38)/t13-,15-,16-,18+/m0/s1. The molecule has 224 valence electrons. The molecule has 1 amide bonds. The molecular formula is C25H28F6N6O4. The molecule has 5 rings (SSSR count). The minimum atomic E-state index is -4.88. The number of alkyl halides is 6. The minimum absolute atomic E-state index is 0.0818. The Labute approximate surface area is 230 Å². The summed E-state index contributed by atoms with van der Waals surface area (Å²) in [5.74, 6) is 0.230. The van der Waals surface area contributed by atoms with Gasteiger partial charge in [0.25, 0.3) is 11.5 Å². The first-order valence-electron chi connectivity index (χ1n) is 13.1. The summed E-state index contributed by atoms with van der Waals surface area (Å²) >= 11 is 0. The van der Waals surface area contributed by atoms with Crippen LogP contribution in [0, 0.1) is 0 Å². The fourth-order valence-electron chi connectivity index (χ4n) is 5.63. The summed E-state index contributed by atoms with van der Waals surface area (Å²) < 4.78 is 90.7. The zero-order valence-corrected chi connectivity index (χ0v) is 21.9. The number of rotatable bonds is 6. The number of nitrogens with zero attached hydrogens (tertiary/aromatic N) is 4. The monoisotopic (exact) mass is 590 g/mol. The number of halogens is 6. The van der Waals surface area contributed by atoms with Gasteiger partial charge in [-0.2, -0.15) is 31.4 Å². The quantitative estimate of drug-likeness (QED) is 0.493. The van der Waals surface area contributed by atoms with Crippen LogP contribution in [0.5, 0.6) is 5.75 Å². The lowest BCUT2D eigenvalue weighted by atomic mass is 9.94. The number of amides is 1. The highest BCUT2D eigenvalue weighted by Gasteiger charge is 2.42. The summed E-state index contributed by atoms with van der Waals surface area (Å²) in [4.78, 5) is 32.6. The molecule has 0 radical (unpaired) electrons. The summed E-state index contributed by atoms with van der Waals surface area (Å²) in [6.45, 7) is 2.61. The van der Waals surface area contributed by atoms with Crippen LogP contribution < -0.4 is 20.5 Å². The Balaban J connectivity index is 1.18. The molecule has 3 aliphatic heterocycles. The smallest absolute Gasteiger partial charge is 0.423 e. The number of ether oxygens (including phenoxy) is 2. The van der Waals surface area contributed by atoms with Gasteiger partial charge in [-0.1, -0.05) is 0 Å². The Morgan fingerprint density at radius 1 is 1.07 bits per heavy atom. The molecule has 2 aromatic rings. The van der Waals surface area contributed by atoms with Crippen LogP contribution in [0.2, 0.25) is 0 Å². The van der Waals surface area contributed by atoms with Gasteiger partial charge in [0.15, 0.2) is 11.6 Å². The van der Waals surface area contributed by atoms with Crippen LogP contribution in [0.3, 0.4) is 0 Å². The van der Waals surface area contributed by atoms with Gasteiger partial charge in [0, 0.05) is 50.3 Å². The Kier molecular flexibility index (Phi) is 7.78. The zero-order valence-electron chi connectivity index (χ0n) is 21.9. The maximum Gasteiger partial charge on any atom is 0.423 e. The van der Waals surface area contributed by atoms with Gasteiger partial charge in [-0.15, -0.1) is 0 Å². The molecule has 0 bridgehead atoms. The van der Waals surface area contributed by atoms with E-state index in [1.165, 1.54) is 0 Å². The zero-order chi connectivity index (χ0) is 29.5. The molecule has 5 heterocycles. The van der Waals surface area contributed by atoms with E-state index in [2.05, 4.69) is 15.4 Å². The van der Waals surface area contributed by atoms with Crippen molar-refractivity contribution in [2.24, 2.45) is 0 Å². The van der Waals surface area contributed by atoms with Gasteiger partial charge in [0.05, 0.1) is 30.7 Å². The molecule has 41 heavy (non-hydrogen) atoms. The van der Waals surface area contributed by atoms with Gasteiger partial charge < -0.3 is 24.6 Å². The van der Waals surface area contributed by atoms with Crippen molar-refractivity contribution < 1.29 is 40.6 Å². The first-order valence-corrected chi connectivity index (χ1v) is 13.1. The maximum absolute atomic E-state index is 13.3. The summed E-state index contributed by atoms with van der Waals surface area (Å²) in [5.41, 5.74) is -4.12. The van der Waals surface area contributed by atoms with E-state index >= 15 is 0 Å². The van der Waals surface area contributed by atoms with Crippen LogP contribution in [0.25, 0.3) is 0 Å². The highest BCUT2D eigenvalue weighted by molar-refractivity contribution is 5.83. The van der Waals surface area contributed by atoms with Crippen molar-refractivity contribution in [3.8, 4) is 5.75 Å². The predicted octanol–water partition coefficient (Wildman–Crippen LogP) is 3.44. The van der Waals surface area contributed by atoms with Crippen LogP contribution in [-0.2, 0) is 21.9 Å². The van der Waals surface area contributed by atoms with E-state index in [1.807, 2.05) is 4.90 Å². The largest absolute Gasteiger partial charge is 0.490 e. The van der Waals surface area contributed by atoms with E-state index in [4.69, 9.17) is 9.47 Å². The number of piperidine rings is 1. The molecule has 2 fully saturated rings. The molecule has 16 heteroatoms. The van der Waals surface area contributed by atoms with Crippen molar-refractivity contribution in [2.45, 2.75) is 69.2 Å². The molecule has 2 N–H and O–H groups in total. The van der Waals surface area contributed by atoms with E-state index in [0.29, 0.717) is 44.6 Å². The number of hydrogen-bond donors (Lipinski definition) is 2. The second-order valence-electron chi connectivity index (χ2n) is 10.4. The first kappa shape index (κ1) is 29.0. The third-order valence-corrected chi connectivity index (χ3v) is 7.55. The summed E-state index contributed by atoms with van der Waals surface area (Å²) in [5, 5.41) is 7.78. The molecular weight excluding hydrogens is 562 g/mol. The Hall–Kier alpha value is -3.56. The molecule has 0 spiro atoms. The third-order valence-electron chi connectivity index (χ3n) is 7.55. The van der Waals surface area contributed by atoms with Crippen LogP contribution >= 0.6 is 0 Å². The summed E-state index contributed by atoms with van der Waals surface area (Å²) in [6, 6.07) is 0.109. The lowest BCUT2D eigenvalue weighted by Crippen LogP contribution is -2.51. The first-order chi connectivity index (χ1) is 19.3. The fraction of sp³-hybridized carbons (Fsp3) is 0.600. The van der Waals surface area contributed by atoms with Crippen molar-refractivity contribution in [2.75, 3.05) is 36.5 Å². The van der Waals surface area contributed by atoms with Gasteiger partial charge in [0.2, 0.25) is 0 Å². The number of fused-ring (bicyclic) bond motifs is 3. The second kappa shape index (κ2) is 11.0. The average molecular weight is 591 g/mol. The molecule has 10 nitrogen and oxygen atoms in total. The third kappa shape index (κ3) is 6.06. The normalized spacial score (nSPS) is 23.9. The van der Waals surface area contributed by atoms with Crippen LogP contribution in [0.15, 0.2) is 23.3 Å². The number of hydrogen-bond acceptors (Lipinski definition) is 8. The molecule has 4 atom stereocenters. The van der Waals surface area contributed by atoms with Crippen molar-refractivity contribution in [1.82, 2.24) is 20.1 Å². The lowest BCUT2D eigenvalue weighted by Gasteiger charge is -2.42. The van der Waals surface area contributed by atoms with Crippen LogP contribution in [-0.4, -0.2) is 76.5 Å². The molecule has 2 aromatic heterocycles. The number of anilines is 2. The van der Waals surface area contributed by atoms with E-state index in [-0.39, 0.29) is 37.0 Å². The van der Waals surface area contributed by atoms with Gasteiger partial charge in [-0.3, -0.25) is 9.59 Å². The number of likely N-dealkylation sites (tertiary alicyclic amines) is 1. The SMILES string of the molecule is C[C@@H](CO[C@@H]1CCN([C@H]2CCN3c4ncc(C(F)(F)F)cc4OCC[C@H]3C2)C1=O)Nc1cn[nH]c(=O)c1C(F)(F)F. The van der Waals surface area contributed by atoms with Crippen LogP contribution in [0.4, 0.5) is 37.8 Å². The van der Waals surface area contributed by atoms with Crippen molar-refractivity contribution >= 4 is 17.4 Å². The van der Waals surface area contributed by atoms with Gasteiger partial charge >= 0.3 is 12.4 Å². The van der Waals surface area contributed by atoms with Gasteiger partial charge in [-0.05, 0) is 25.8 Å². The highest BCUT2D eigenvalue weighted by atomic mass is 19.4. The Morgan fingerprint density at radius 3 is 2.54 bits per heavy atom. The van der Waals surface area contributed by atoms with Crippen LogP contribution in [0.1, 0.15) is 43.7 Å². The lowest BCUT2D eigenvalue weighted by molar-refractivity contribution is -0.140. The Bertz CT molecular complexity index is 1330. The Morgan fingerprint density at radius 2 is 1.80 bits per heavy atom. The number of nitrogens with one attached hydrogen (secondary N) is 2. The van der Waals surface area contributed by atoms with Crippen molar-refractivity contribution in [1.29, 1.82) is 0 Å². The number of aromatic amines is 1. The van der Waals surface area contributed by atoms with Gasteiger partial charge in [-0.25, -0.2) is 10.1 Å². The molecule has 3 aliphatic rings. The fourth-order valence-corrected chi connectivity index (χ4v) is 5.63. The summed E-state index contributed by atoms with van der Waals surface area (Å²) in [7, 11) is 0. The van der Waals surface area contributed by atoms with Crippen molar-refractivity contribution in [3.63, 3.8) is 0 Å². The molecule has 2 saturated heterocycles. The van der Waals surface area contributed by atoms with E-state index in [9.17, 15) is 35.9 Å². The van der Waals surface area contributed by atoms with E-state index < -0.39 is 46.9 Å². The summed E-state index contributed by atoms with van der Waals surface area (Å²) in [6.07, 6.45) is -6.39. The maximum atomic E-state index is 13.3. The van der Waals surface area contributed by atoms with E-state index in [0.717, 1.165) is 18.5 Å². The minimum Gasteiger partial charge on any atom is -0.490 e. The van der Waals surface area contributed by atoms with E-state index in [1.54, 1.807) is 16.9 Å². The molecule has 0 aromatic carbocycles. The number of carbonyl (C=O) groups is 1. The molecule has 0 aliphatic carbocycles. The highest BCUT2D eigenvalue weighted by Crippen LogP contribution is 2.40. The molecule has 0 saturated carbocycles. The predicted molar refractivity (Wildman–Crippen MR) is 133 cm³/mol. The number of H-pyrrole nitrogens is 1. The number of carbonyl (C=O) groups excluding carboxylic acids is 1. The van der Waals surface area contributed by atoms with Crippen molar-refractivity contribution in [3.05, 3.63) is 39.9 Å². The number of aromatic nitrogens is 3. The second-order valence-corrected chi connectivity index (χ2v) is 10.4. The average Bonchev–Trinajstić information content (AvgIpc) is 3.15.